The van der Waals surface area contributed by atoms with Gasteiger partial charge in [-0.2, -0.15) is 15.3 Å². The van der Waals surface area contributed by atoms with Crippen molar-refractivity contribution in [1.82, 2.24) is 78.5 Å². The molecule has 16 aromatic rings. The van der Waals surface area contributed by atoms with Gasteiger partial charge in [-0.25, -0.2) is 19.2 Å². The van der Waals surface area contributed by atoms with Crippen LogP contribution in [0.5, 0.6) is 0 Å². The number of esters is 3. The second kappa shape index (κ2) is 46.6. The molecule has 2 amide bonds. The number of carboxylic acid groups (broad SMARTS) is 1. The first-order valence-corrected chi connectivity index (χ1v) is 45.7. The Morgan fingerprint density at radius 1 is 0.534 bits per heavy atom. The van der Waals surface area contributed by atoms with Crippen molar-refractivity contribution in [3.8, 4) is 22.3 Å². The number of carbonyl (C=O) groups is 6. The van der Waals surface area contributed by atoms with Gasteiger partial charge in [0.2, 0.25) is 10.9 Å². The topological polar surface area (TPSA) is 404 Å². The zero-order valence-electron chi connectivity index (χ0n) is 70.1. The number of benzene rings is 6. The Balaban J connectivity index is 0.000000143. The first kappa shape index (κ1) is 97.9. The Morgan fingerprint density at radius 2 is 0.992 bits per heavy atom. The average molecular weight is 2170 g/mol. The summed E-state index contributed by atoms with van der Waals surface area (Å²) in [6.45, 7) is 10.1. The molecule has 7 N–H and O–H groups in total. The number of fused-ring (bicyclic) bond motifs is 6. The van der Waals surface area contributed by atoms with E-state index in [4.69, 9.17) is 69.9 Å². The Labute approximate surface area is 807 Å². The lowest BCUT2D eigenvalue weighted by Gasteiger charge is -2.27. The fraction of sp³-hybridized carbons (Fsp3) is 0.178. The molecule has 18 rings (SSSR count). The molecule has 131 heavy (non-hydrogen) atoms. The first-order valence-electron chi connectivity index (χ1n) is 39.8. The molecule has 0 aliphatic carbocycles. The van der Waals surface area contributed by atoms with Gasteiger partial charge >= 0.3 is 23.9 Å². The number of ether oxygens (including phenoxy) is 5. The van der Waals surface area contributed by atoms with E-state index in [0.29, 0.717) is 100 Å². The summed E-state index contributed by atoms with van der Waals surface area (Å²) in [6, 6.07) is 44.5. The van der Waals surface area contributed by atoms with Gasteiger partial charge in [-0.3, -0.25) is 52.4 Å². The molecule has 10 aromatic heterocycles. The lowest BCUT2D eigenvalue weighted by Crippen LogP contribution is -2.40. The maximum absolute atomic E-state index is 13.0. The molecule has 2 saturated heterocycles. The number of nitrogens with two attached hydrogens (primary N) is 1. The fourth-order valence-corrected chi connectivity index (χ4v) is 15.8. The number of morpholine rings is 2. The van der Waals surface area contributed by atoms with E-state index in [9.17, 15) is 38.4 Å². The molecule has 0 unspecified atom stereocenters. The molecular formula is C90H79Br5Cl2N18O14S2. The second-order valence-electron chi connectivity index (χ2n) is 28.0. The van der Waals surface area contributed by atoms with Crippen LogP contribution >= 0.6 is 127 Å². The third-order valence-electron chi connectivity index (χ3n) is 19.2. The highest BCUT2D eigenvalue weighted by Gasteiger charge is 2.26. The van der Waals surface area contributed by atoms with Gasteiger partial charge < -0.3 is 59.6 Å². The van der Waals surface area contributed by atoms with Crippen molar-refractivity contribution in [3.05, 3.63) is 299 Å². The van der Waals surface area contributed by atoms with Gasteiger partial charge in [0, 0.05) is 190 Å². The minimum atomic E-state index is -1.22. The zero-order valence-corrected chi connectivity index (χ0v) is 81.2. The summed E-state index contributed by atoms with van der Waals surface area (Å²) < 4.78 is 37.4. The van der Waals surface area contributed by atoms with Gasteiger partial charge in [0.1, 0.15) is 11.1 Å². The molecule has 0 spiro atoms. The standard InChI is InChI=1S/C24H20ClN7O2S.C14H12BrClN2O2.C14H16BrNO4.C12H10BrNO3.C10H6BrNO3.C10H9N5S.C6H6BrN/c1-30-13-16(11-27-30)15-2-5-21-28-29-24(32(21)14-15)35-17-3-4-20-18(10-17)22(25)19(12-26-20)23(33)31-6-8-34-9-7-31;15-9-1-2-12-10(7-9)13(16)11(8-17-12)14(19)18-3-5-20-6-4-18;1-3-19-13(17)12(14(18)20-4-2)9-16-11-7-5-10(15)6-8-11;1-2-17-12(16)9-6-14-10-4-3-7(13)5-8(10)11(9)15;11-5-1-2-8-6(3-5)9(13)7(4-12-8)10(14)15;1-14-5-8(4-11-14)7-2-3-9-12-13-10(16)15(9)6-7;7-5-1-3-6(8)4-2-5/h2-5,10-14H,6-9H2,1H3;1-2,7-8H,3-6H2;5-9,16H,3-4H2,1-2H3;3-6H,2H2,1H3,(H,14,15);1-4H,(H,12,13)(H,14,15);2-6H,1H3,(H,13,16);1-4H,8H2. The molecule has 0 radical (unpaired) electrons. The van der Waals surface area contributed by atoms with Gasteiger partial charge in [0.05, 0.1) is 90.8 Å². The SMILES string of the molecule is CCOC(=O)C(=CNc1ccc(Br)cc1)C(=O)OCC.CCOC(=O)c1c[nH]c2ccc(Br)cc2c1=O.Cn1cc(-c2ccc3n[nH]c(=S)n3c2)cn1.Cn1cc(-c2ccc3nnc(Sc4ccc5ncc(C(=O)N6CCOCC6)c(Cl)c5c4)n3c2)cn1.Nc1ccc(Br)cc1.O=C(O)c1c[nH]c2ccc(Br)cc2c1=O.O=C(c1cnc2ccc(Br)cc2c1Cl)N1CCOCC1. The number of aromatic amines is 3. The Hall–Kier alpha value is -12.2. The number of anilines is 2. The predicted octanol–water partition coefficient (Wildman–Crippen LogP) is 18.2. The summed E-state index contributed by atoms with van der Waals surface area (Å²) in [5.74, 6) is -3.47. The summed E-state index contributed by atoms with van der Waals surface area (Å²) in [5, 5.41) is 39.4. The Kier molecular flexibility index (Phi) is 34.8. The molecule has 674 valence electrons. The van der Waals surface area contributed by atoms with Crippen molar-refractivity contribution < 1.29 is 57.6 Å². The predicted molar refractivity (Wildman–Crippen MR) is 522 cm³/mol. The summed E-state index contributed by atoms with van der Waals surface area (Å²) in [5.41, 5.74) is 15.1. The molecule has 0 bridgehead atoms. The van der Waals surface area contributed by atoms with Crippen molar-refractivity contribution in [1.29, 1.82) is 0 Å². The second-order valence-corrected chi connectivity index (χ2v) is 34.8. The van der Waals surface area contributed by atoms with Crippen LogP contribution in [0.2, 0.25) is 10.0 Å². The van der Waals surface area contributed by atoms with Gasteiger partial charge in [-0.05, 0) is 190 Å². The molecular weight excluding hydrogens is 2090 g/mol. The van der Waals surface area contributed by atoms with Crippen molar-refractivity contribution in [2.24, 2.45) is 14.1 Å². The summed E-state index contributed by atoms with van der Waals surface area (Å²) >= 11 is 36.2. The van der Waals surface area contributed by atoms with Crippen LogP contribution < -0.4 is 21.9 Å². The maximum atomic E-state index is 13.0. The van der Waals surface area contributed by atoms with Crippen molar-refractivity contribution >= 4 is 229 Å². The highest BCUT2D eigenvalue weighted by Crippen LogP contribution is 2.36. The van der Waals surface area contributed by atoms with Crippen LogP contribution in [0.25, 0.3) is 77.2 Å². The summed E-state index contributed by atoms with van der Waals surface area (Å²) in [7, 11) is 3.78. The van der Waals surface area contributed by atoms with Crippen molar-refractivity contribution in [2.45, 2.75) is 30.8 Å². The van der Waals surface area contributed by atoms with Crippen LogP contribution in [-0.2, 0) is 47.4 Å². The number of nitrogen functional groups attached to an aromatic ring is 1. The number of carboxylic acids is 1. The molecule has 2 aliphatic rings. The fourth-order valence-electron chi connectivity index (χ4n) is 12.6. The third-order valence-corrected chi connectivity index (χ3v) is 23.8. The first-order chi connectivity index (χ1) is 63.1. The number of carbonyl (C=O) groups excluding carboxylic acids is 5. The zero-order chi connectivity index (χ0) is 93.5. The number of halogens is 7. The van der Waals surface area contributed by atoms with Crippen LogP contribution in [0, 0.1) is 4.77 Å². The van der Waals surface area contributed by atoms with E-state index >= 15 is 0 Å². The van der Waals surface area contributed by atoms with Crippen LogP contribution in [0.3, 0.4) is 0 Å². The van der Waals surface area contributed by atoms with E-state index in [-0.39, 0.29) is 53.8 Å². The molecule has 2 aliphatic heterocycles. The highest BCUT2D eigenvalue weighted by atomic mass is 79.9. The molecule has 0 saturated carbocycles. The highest BCUT2D eigenvalue weighted by molar-refractivity contribution is 9.11. The monoisotopic (exact) mass is 2160 g/mol. The Bertz CT molecular complexity index is 7070. The minimum absolute atomic E-state index is 0.0254. The van der Waals surface area contributed by atoms with Crippen molar-refractivity contribution in [3.63, 3.8) is 0 Å². The third kappa shape index (κ3) is 25.7. The van der Waals surface area contributed by atoms with Crippen molar-refractivity contribution in [2.75, 3.05) is 83.5 Å². The number of aryl methyl sites for hydroxylation is 2. The smallest absolute Gasteiger partial charge is 0.347 e. The Morgan fingerprint density at radius 3 is 1.49 bits per heavy atom. The van der Waals surface area contributed by atoms with E-state index < -0.39 is 29.3 Å². The molecule has 41 heteroatoms. The molecule has 2 fully saturated rings. The summed E-state index contributed by atoms with van der Waals surface area (Å²) in [6.07, 6.45) is 18.5. The number of hydrogen-bond donors (Lipinski definition) is 6. The van der Waals surface area contributed by atoms with Gasteiger partial charge in [0.25, 0.3) is 11.8 Å². The molecule has 0 atom stereocenters. The number of pyridine rings is 6. The molecule has 12 heterocycles. The largest absolute Gasteiger partial charge is 0.477 e. The average Bonchev–Trinajstić information content (AvgIpc) is 1.76. The summed E-state index contributed by atoms with van der Waals surface area (Å²) in [4.78, 5) is 114. The number of H-pyrrole nitrogens is 3. The number of nitrogens with one attached hydrogen (secondary N) is 4. The number of nitrogens with zero attached hydrogens (tertiary/aromatic N) is 13. The maximum Gasteiger partial charge on any atom is 0.347 e. The minimum Gasteiger partial charge on any atom is -0.477 e. The van der Waals surface area contributed by atoms with Gasteiger partial charge in [-0.1, -0.05) is 103 Å². The van der Waals surface area contributed by atoms with Crippen LogP contribution in [-0.4, -0.2) is 192 Å². The number of amides is 2. The van der Waals surface area contributed by atoms with Gasteiger partial charge in [0.15, 0.2) is 26.8 Å². The number of rotatable bonds is 15. The quantitative estimate of drug-likeness (QED) is 0.0106. The lowest BCUT2D eigenvalue weighted by molar-refractivity contribution is -0.146. The number of hydrogen-bond acceptors (Lipinski definition) is 24. The van der Waals surface area contributed by atoms with E-state index in [1.165, 1.54) is 30.4 Å². The van der Waals surface area contributed by atoms with Crippen LogP contribution in [0.15, 0.2) is 261 Å². The number of aromatic carboxylic acids is 1. The molecule has 6 aromatic carbocycles. The normalized spacial score (nSPS) is 12.1. The van der Waals surface area contributed by atoms with Gasteiger partial charge in [-0.15, -0.1) is 10.2 Å². The van der Waals surface area contributed by atoms with E-state index in [0.717, 1.165) is 99.1 Å². The lowest BCUT2D eigenvalue weighted by atomic mass is 10.1. The van der Waals surface area contributed by atoms with Crippen LogP contribution in [0.1, 0.15) is 62.2 Å². The number of aromatic nitrogens is 14. The van der Waals surface area contributed by atoms with E-state index in [2.05, 4.69) is 135 Å². The van der Waals surface area contributed by atoms with Crippen LogP contribution in [0.4, 0.5) is 11.4 Å². The molecule has 32 nitrogen and oxygen atoms in total. The van der Waals surface area contributed by atoms with E-state index in [1.54, 1.807) is 94.8 Å². The van der Waals surface area contributed by atoms with E-state index in [1.807, 2.05) is 163 Å².